The van der Waals surface area contributed by atoms with Gasteiger partial charge in [0.15, 0.2) is 0 Å². The molecule has 1 aromatic rings. The van der Waals surface area contributed by atoms with E-state index >= 15 is 0 Å². The Morgan fingerprint density at radius 1 is 1.15 bits per heavy atom. The van der Waals surface area contributed by atoms with Crippen molar-refractivity contribution in [1.82, 2.24) is 4.90 Å². The monoisotopic (exact) mass is 373 g/mol. The average molecular weight is 373 g/mol. The predicted octanol–water partition coefficient (Wildman–Crippen LogP) is 2.47. The number of benzene rings is 1. The molecule has 1 aliphatic heterocycles. The highest BCUT2D eigenvalue weighted by molar-refractivity contribution is 5.79. The van der Waals surface area contributed by atoms with E-state index in [1.165, 1.54) is 12.1 Å². The van der Waals surface area contributed by atoms with Crippen LogP contribution in [0.15, 0.2) is 24.3 Å². The van der Waals surface area contributed by atoms with E-state index in [4.69, 9.17) is 0 Å². The van der Waals surface area contributed by atoms with Crippen LogP contribution in [0.5, 0.6) is 0 Å². The van der Waals surface area contributed by atoms with E-state index in [0.717, 1.165) is 31.2 Å². The van der Waals surface area contributed by atoms with E-state index in [1.54, 1.807) is 4.90 Å². The zero-order valence-corrected chi connectivity index (χ0v) is 15.8. The minimum atomic E-state index is -0.795. The van der Waals surface area contributed by atoms with Crippen molar-refractivity contribution in [2.75, 3.05) is 13.1 Å². The Kier molecular flexibility index (Phi) is 3.77. The predicted molar refractivity (Wildman–Crippen MR) is 98.3 cm³/mol. The number of rotatable bonds is 3. The maximum absolute atomic E-state index is 13.6. The number of hydrogen-bond donors (Lipinski definition) is 2. The van der Waals surface area contributed by atoms with Crippen molar-refractivity contribution in [1.29, 1.82) is 0 Å². The van der Waals surface area contributed by atoms with Gasteiger partial charge in [-0.15, -0.1) is 0 Å². The molecule has 0 aromatic heterocycles. The quantitative estimate of drug-likeness (QED) is 0.856. The molecule has 5 aliphatic rings. The molecule has 1 heterocycles. The number of carbonyl (C=O) groups is 1. The Labute approximate surface area is 159 Å². The minimum Gasteiger partial charge on any atom is -0.390 e. The Balaban J connectivity index is 1.58. The van der Waals surface area contributed by atoms with Crippen molar-refractivity contribution >= 4 is 5.91 Å². The van der Waals surface area contributed by atoms with Crippen LogP contribution in [0, 0.1) is 29.5 Å². The summed E-state index contributed by atoms with van der Waals surface area (Å²) in [6.45, 7) is 2.75. The summed E-state index contributed by atoms with van der Waals surface area (Å²) in [4.78, 5) is 14.8. The number of aliphatic hydroxyl groups excluding tert-OH is 1. The lowest BCUT2D eigenvalue weighted by molar-refractivity contribution is -0.207. The normalized spacial score (nSPS) is 43.0. The van der Waals surface area contributed by atoms with Crippen LogP contribution in [0.3, 0.4) is 0 Å². The molecular weight excluding hydrogens is 345 g/mol. The number of amides is 1. The number of halogens is 1. The first-order valence-corrected chi connectivity index (χ1v) is 10.2. The third-order valence-corrected chi connectivity index (χ3v) is 8.30. The lowest BCUT2D eigenvalue weighted by atomic mass is 9.39. The van der Waals surface area contributed by atoms with Gasteiger partial charge in [-0.3, -0.25) is 4.79 Å². The highest BCUT2D eigenvalue weighted by Gasteiger charge is 2.66. The molecule has 4 nitrogen and oxygen atoms in total. The van der Waals surface area contributed by atoms with Gasteiger partial charge in [0, 0.05) is 24.9 Å². The number of hydrogen-bond acceptors (Lipinski definition) is 3. The van der Waals surface area contributed by atoms with Crippen molar-refractivity contribution < 1.29 is 19.4 Å². The fourth-order valence-corrected chi connectivity index (χ4v) is 6.99. The molecule has 1 saturated heterocycles. The molecule has 6 rings (SSSR count). The second kappa shape index (κ2) is 5.77. The lowest BCUT2D eigenvalue weighted by Crippen LogP contribution is -2.68. The summed E-state index contributed by atoms with van der Waals surface area (Å²) in [7, 11) is 0. The number of β-amino-alcohol motifs (C(OH)–C–C–N with tert-alkyl or cyclic N) is 1. The van der Waals surface area contributed by atoms with E-state index in [0.29, 0.717) is 37.3 Å². The summed E-state index contributed by atoms with van der Waals surface area (Å²) in [5.41, 5.74) is -0.244. The van der Waals surface area contributed by atoms with Crippen molar-refractivity contribution in [3.63, 3.8) is 0 Å². The largest absolute Gasteiger partial charge is 0.390 e. The number of aliphatic hydroxyl groups is 2. The van der Waals surface area contributed by atoms with Gasteiger partial charge < -0.3 is 15.1 Å². The minimum absolute atomic E-state index is 0.0156. The van der Waals surface area contributed by atoms with Gasteiger partial charge in [-0.25, -0.2) is 4.39 Å². The van der Waals surface area contributed by atoms with E-state index in [1.807, 2.05) is 19.1 Å². The van der Waals surface area contributed by atoms with Crippen LogP contribution < -0.4 is 0 Å². The van der Waals surface area contributed by atoms with Gasteiger partial charge in [0.25, 0.3) is 0 Å². The molecule has 27 heavy (non-hydrogen) atoms. The molecule has 0 spiro atoms. The Hall–Kier alpha value is -1.46. The van der Waals surface area contributed by atoms with Crippen molar-refractivity contribution in [3.8, 4) is 0 Å². The van der Waals surface area contributed by atoms with Gasteiger partial charge >= 0.3 is 0 Å². The van der Waals surface area contributed by atoms with Gasteiger partial charge in [0.2, 0.25) is 5.91 Å². The number of likely N-dealkylation sites (tertiary alicyclic amines) is 1. The van der Waals surface area contributed by atoms with E-state index in [9.17, 15) is 19.4 Å². The van der Waals surface area contributed by atoms with Gasteiger partial charge in [0.05, 0.1) is 11.7 Å². The molecular formula is C22H28FNO3. The lowest BCUT2D eigenvalue weighted by Gasteiger charge is -2.67. The first-order valence-electron chi connectivity index (χ1n) is 10.2. The number of carbonyl (C=O) groups excluding carboxylic acids is 1. The van der Waals surface area contributed by atoms with Gasteiger partial charge in [-0.2, -0.15) is 0 Å². The smallest absolute Gasteiger partial charge is 0.223 e. The second-order valence-electron chi connectivity index (χ2n) is 9.66. The average Bonchev–Trinajstić information content (AvgIpc) is 2.60. The molecule has 4 aliphatic carbocycles. The maximum atomic E-state index is 13.6. The third-order valence-electron chi connectivity index (χ3n) is 8.30. The maximum Gasteiger partial charge on any atom is 0.223 e. The Morgan fingerprint density at radius 2 is 1.81 bits per heavy atom. The van der Waals surface area contributed by atoms with Crippen molar-refractivity contribution in [2.45, 2.75) is 56.1 Å². The third kappa shape index (κ3) is 2.44. The van der Waals surface area contributed by atoms with Crippen LogP contribution in [0.2, 0.25) is 0 Å². The summed E-state index contributed by atoms with van der Waals surface area (Å²) >= 11 is 0. The van der Waals surface area contributed by atoms with Crippen LogP contribution in [-0.2, 0) is 10.2 Å². The topological polar surface area (TPSA) is 60.8 Å². The molecule has 5 heteroatoms. The Morgan fingerprint density at radius 3 is 2.48 bits per heavy atom. The fraction of sp³-hybridized carbons (Fsp3) is 0.682. The van der Waals surface area contributed by atoms with Crippen LogP contribution >= 0.6 is 0 Å². The molecule has 146 valence electrons. The van der Waals surface area contributed by atoms with Crippen molar-refractivity contribution in [3.05, 3.63) is 35.6 Å². The van der Waals surface area contributed by atoms with Crippen LogP contribution in [0.1, 0.15) is 44.6 Å². The summed E-state index contributed by atoms with van der Waals surface area (Å²) in [5.74, 6) is 1.07. The van der Waals surface area contributed by atoms with E-state index < -0.39 is 17.1 Å². The molecule has 2 N–H and O–H groups in total. The summed E-state index contributed by atoms with van der Waals surface area (Å²) < 4.78 is 13.6. The van der Waals surface area contributed by atoms with Gasteiger partial charge in [-0.05, 0) is 74.0 Å². The fourth-order valence-electron chi connectivity index (χ4n) is 6.99. The molecule has 5 fully saturated rings. The second-order valence-corrected chi connectivity index (χ2v) is 9.66. The molecule has 6 atom stereocenters. The molecule has 1 aromatic carbocycles. The zero-order valence-electron chi connectivity index (χ0n) is 15.8. The first kappa shape index (κ1) is 17.6. The number of nitrogens with zero attached hydrogens (tertiary/aromatic N) is 1. The first-order chi connectivity index (χ1) is 12.8. The zero-order chi connectivity index (χ0) is 19.0. The summed E-state index contributed by atoms with van der Waals surface area (Å²) in [5, 5.41) is 21.1. The van der Waals surface area contributed by atoms with E-state index in [2.05, 4.69) is 0 Å². The SMILES string of the molecule is CC1(O)C2CC3CC(C2)C(CC(=O)N2CC(O)C2)(c2ccc(F)cc2)C1C3. The summed E-state index contributed by atoms with van der Waals surface area (Å²) in [6.07, 6.45) is 3.98. The molecule has 6 unspecified atom stereocenters. The van der Waals surface area contributed by atoms with Crippen LogP contribution in [0.25, 0.3) is 0 Å². The van der Waals surface area contributed by atoms with E-state index in [-0.39, 0.29) is 17.6 Å². The van der Waals surface area contributed by atoms with Gasteiger partial charge in [-0.1, -0.05) is 12.1 Å². The molecule has 4 saturated carbocycles. The molecule has 1 amide bonds. The highest BCUT2D eigenvalue weighted by Crippen LogP contribution is 2.67. The molecule has 4 bridgehead atoms. The van der Waals surface area contributed by atoms with Crippen molar-refractivity contribution in [2.24, 2.45) is 23.7 Å². The highest BCUT2D eigenvalue weighted by atomic mass is 19.1. The molecule has 0 radical (unpaired) electrons. The van der Waals surface area contributed by atoms with Crippen LogP contribution in [-0.4, -0.2) is 45.8 Å². The standard InChI is InChI=1S/C22H28FNO3/c1-21(27)15-6-13-7-16(9-15)22(19(21)8-13,14-2-4-17(23)5-3-14)10-20(26)24-11-18(25)12-24/h2-5,13,15-16,18-19,25,27H,6-12H2,1H3. The van der Waals surface area contributed by atoms with Crippen LogP contribution in [0.4, 0.5) is 4.39 Å². The summed E-state index contributed by atoms with van der Waals surface area (Å²) in [6, 6.07) is 6.61. The Bertz CT molecular complexity index is 757. The van der Waals surface area contributed by atoms with Gasteiger partial charge in [0.1, 0.15) is 5.82 Å².